The SMILES string of the molecule is Cc1ccc(-c2c(C)cc(F)cc2C)cc1C(=O)O. The van der Waals surface area contributed by atoms with Crippen LogP contribution in [0.15, 0.2) is 30.3 Å². The molecule has 0 saturated heterocycles. The highest BCUT2D eigenvalue weighted by Crippen LogP contribution is 2.29. The zero-order valence-corrected chi connectivity index (χ0v) is 11.1. The third-order valence-corrected chi connectivity index (χ3v) is 3.25. The van der Waals surface area contributed by atoms with Crippen LogP contribution in [0.5, 0.6) is 0 Å². The van der Waals surface area contributed by atoms with E-state index in [-0.39, 0.29) is 11.4 Å². The largest absolute Gasteiger partial charge is 0.478 e. The van der Waals surface area contributed by atoms with Gasteiger partial charge in [0.15, 0.2) is 0 Å². The molecule has 0 atom stereocenters. The third kappa shape index (κ3) is 2.50. The molecule has 19 heavy (non-hydrogen) atoms. The van der Waals surface area contributed by atoms with E-state index in [1.54, 1.807) is 19.1 Å². The van der Waals surface area contributed by atoms with Gasteiger partial charge < -0.3 is 5.11 Å². The Bertz CT molecular complexity index is 637. The number of hydrogen-bond acceptors (Lipinski definition) is 1. The molecule has 1 N–H and O–H groups in total. The van der Waals surface area contributed by atoms with Crippen molar-refractivity contribution in [2.45, 2.75) is 20.8 Å². The molecule has 2 aromatic rings. The van der Waals surface area contributed by atoms with Gasteiger partial charge in [-0.3, -0.25) is 0 Å². The molecule has 0 fully saturated rings. The highest BCUT2D eigenvalue weighted by molar-refractivity contribution is 5.91. The minimum Gasteiger partial charge on any atom is -0.478 e. The summed E-state index contributed by atoms with van der Waals surface area (Å²) < 4.78 is 13.3. The molecule has 3 heteroatoms. The van der Waals surface area contributed by atoms with Crippen molar-refractivity contribution in [1.82, 2.24) is 0 Å². The molecule has 0 aliphatic carbocycles. The van der Waals surface area contributed by atoms with Crippen LogP contribution in [0.1, 0.15) is 27.0 Å². The molecule has 0 bridgehead atoms. The number of aryl methyl sites for hydroxylation is 3. The summed E-state index contributed by atoms with van der Waals surface area (Å²) in [5.41, 5.74) is 4.30. The quantitative estimate of drug-likeness (QED) is 0.879. The van der Waals surface area contributed by atoms with Crippen molar-refractivity contribution in [3.8, 4) is 11.1 Å². The molecule has 98 valence electrons. The summed E-state index contributed by atoms with van der Waals surface area (Å²) in [6.07, 6.45) is 0. The summed E-state index contributed by atoms with van der Waals surface area (Å²) in [5, 5.41) is 9.16. The first-order chi connectivity index (χ1) is 8.90. The normalized spacial score (nSPS) is 10.5. The van der Waals surface area contributed by atoms with Gasteiger partial charge in [-0.15, -0.1) is 0 Å². The van der Waals surface area contributed by atoms with E-state index in [9.17, 15) is 9.18 Å². The lowest BCUT2D eigenvalue weighted by Gasteiger charge is -2.12. The first kappa shape index (κ1) is 13.3. The van der Waals surface area contributed by atoms with Crippen LogP contribution < -0.4 is 0 Å². The molecule has 0 saturated carbocycles. The monoisotopic (exact) mass is 258 g/mol. The highest BCUT2D eigenvalue weighted by atomic mass is 19.1. The van der Waals surface area contributed by atoms with Crippen molar-refractivity contribution in [3.63, 3.8) is 0 Å². The Balaban J connectivity index is 2.66. The summed E-state index contributed by atoms with van der Waals surface area (Å²) in [5.74, 6) is -1.22. The number of aromatic carboxylic acids is 1. The zero-order valence-electron chi connectivity index (χ0n) is 11.1. The van der Waals surface area contributed by atoms with E-state index >= 15 is 0 Å². The second-order valence-electron chi connectivity index (χ2n) is 4.75. The van der Waals surface area contributed by atoms with Crippen molar-refractivity contribution in [1.29, 1.82) is 0 Å². The van der Waals surface area contributed by atoms with E-state index in [0.29, 0.717) is 5.56 Å². The average Bonchev–Trinajstić information content (AvgIpc) is 2.29. The van der Waals surface area contributed by atoms with E-state index in [1.807, 2.05) is 19.9 Å². The first-order valence-electron chi connectivity index (χ1n) is 6.01. The van der Waals surface area contributed by atoms with Crippen LogP contribution in [-0.2, 0) is 0 Å². The molecule has 0 aliphatic rings. The predicted octanol–water partition coefficient (Wildman–Crippen LogP) is 4.12. The fraction of sp³-hybridized carbons (Fsp3) is 0.188. The minimum atomic E-state index is -0.947. The van der Waals surface area contributed by atoms with Crippen molar-refractivity contribution < 1.29 is 14.3 Å². The van der Waals surface area contributed by atoms with Crippen LogP contribution >= 0.6 is 0 Å². The van der Waals surface area contributed by atoms with Crippen LogP contribution in [0.2, 0.25) is 0 Å². The Kier molecular flexibility index (Phi) is 3.38. The van der Waals surface area contributed by atoms with E-state index in [4.69, 9.17) is 5.11 Å². The smallest absolute Gasteiger partial charge is 0.335 e. The molecule has 0 aromatic heterocycles. The number of carboxylic acid groups (broad SMARTS) is 1. The van der Waals surface area contributed by atoms with E-state index in [0.717, 1.165) is 22.3 Å². The van der Waals surface area contributed by atoms with Gasteiger partial charge >= 0.3 is 5.97 Å². The van der Waals surface area contributed by atoms with Gasteiger partial charge in [0.1, 0.15) is 5.82 Å². The Labute approximate surface area is 111 Å². The van der Waals surface area contributed by atoms with Gasteiger partial charge in [0.2, 0.25) is 0 Å². The molecule has 0 spiro atoms. The highest BCUT2D eigenvalue weighted by Gasteiger charge is 2.12. The summed E-state index contributed by atoms with van der Waals surface area (Å²) in [4.78, 5) is 11.2. The van der Waals surface area contributed by atoms with E-state index in [1.165, 1.54) is 12.1 Å². The lowest BCUT2D eigenvalue weighted by atomic mass is 9.93. The fourth-order valence-corrected chi connectivity index (χ4v) is 2.37. The molecule has 0 amide bonds. The lowest BCUT2D eigenvalue weighted by molar-refractivity contribution is 0.0696. The Morgan fingerprint density at radius 3 is 2.11 bits per heavy atom. The van der Waals surface area contributed by atoms with Crippen LogP contribution in [0.25, 0.3) is 11.1 Å². The Hall–Kier alpha value is -2.16. The number of hydrogen-bond donors (Lipinski definition) is 1. The maximum absolute atomic E-state index is 13.3. The second kappa shape index (κ2) is 4.84. The molecule has 0 radical (unpaired) electrons. The van der Waals surface area contributed by atoms with Gasteiger partial charge in [0.05, 0.1) is 5.56 Å². The maximum Gasteiger partial charge on any atom is 0.335 e. The van der Waals surface area contributed by atoms with Crippen LogP contribution in [0.3, 0.4) is 0 Å². The molecule has 2 rings (SSSR count). The van der Waals surface area contributed by atoms with Gasteiger partial charge in [0.25, 0.3) is 0 Å². The summed E-state index contributed by atoms with van der Waals surface area (Å²) in [7, 11) is 0. The van der Waals surface area contributed by atoms with Gasteiger partial charge in [0, 0.05) is 0 Å². The average molecular weight is 258 g/mol. The van der Waals surface area contributed by atoms with Gasteiger partial charge in [-0.1, -0.05) is 12.1 Å². The van der Waals surface area contributed by atoms with Crippen molar-refractivity contribution in [2.24, 2.45) is 0 Å². The topological polar surface area (TPSA) is 37.3 Å². The number of carbonyl (C=O) groups is 1. The van der Waals surface area contributed by atoms with Crippen LogP contribution in [0.4, 0.5) is 4.39 Å². The van der Waals surface area contributed by atoms with Crippen molar-refractivity contribution >= 4 is 5.97 Å². The Morgan fingerprint density at radius 2 is 1.58 bits per heavy atom. The lowest BCUT2D eigenvalue weighted by Crippen LogP contribution is -2.00. The molecule has 2 nitrogen and oxygen atoms in total. The Morgan fingerprint density at radius 1 is 1.00 bits per heavy atom. The van der Waals surface area contributed by atoms with Gasteiger partial charge in [-0.25, -0.2) is 9.18 Å². The predicted molar refractivity (Wildman–Crippen MR) is 73.0 cm³/mol. The summed E-state index contributed by atoms with van der Waals surface area (Å²) in [6.45, 7) is 5.41. The van der Waals surface area contributed by atoms with Crippen molar-refractivity contribution in [2.75, 3.05) is 0 Å². The van der Waals surface area contributed by atoms with Gasteiger partial charge in [-0.05, 0) is 66.8 Å². The first-order valence-corrected chi connectivity index (χ1v) is 6.01. The second-order valence-corrected chi connectivity index (χ2v) is 4.75. The molecular weight excluding hydrogens is 243 g/mol. The van der Waals surface area contributed by atoms with Crippen molar-refractivity contribution in [3.05, 3.63) is 58.4 Å². The van der Waals surface area contributed by atoms with Gasteiger partial charge in [-0.2, -0.15) is 0 Å². The van der Waals surface area contributed by atoms with Crippen LogP contribution in [0, 0.1) is 26.6 Å². The van der Waals surface area contributed by atoms with E-state index < -0.39 is 5.97 Å². The van der Waals surface area contributed by atoms with Crippen LogP contribution in [-0.4, -0.2) is 11.1 Å². The molecule has 2 aromatic carbocycles. The molecule has 0 heterocycles. The third-order valence-electron chi connectivity index (χ3n) is 3.25. The fourth-order valence-electron chi connectivity index (χ4n) is 2.37. The molecular formula is C16H15FO2. The number of rotatable bonds is 2. The number of halogens is 1. The summed E-state index contributed by atoms with van der Waals surface area (Å²) >= 11 is 0. The van der Waals surface area contributed by atoms with E-state index in [2.05, 4.69) is 0 Å². The minimum absolute atomic E-state index is 0.274. The molecule has 0 aliphatic heterocycles. The zero-order chi connectivity index (χ0) is 14.2. The standard InChI is InChI=1S/C16H15FO2/c1-9-4-5-12(8-14(9)16(18)19)15-10(2)6-13(17)7-11(15)3/h4-8H,1-3H3,(H,18,19). The number of carboxylic acids is 1. The maximum atomic E-state index is 13.3. The summed E-state index contributed by atoms with van der Waals surface area (Å²) in [6, 6.07) is 8.21. The number of benzene rings is 2. The molecule has 0 unspecified atom stereocenters.